The van der Waals surface area contributed by atoms with Crippen molar-refractivity contribution < 1.29 is 9.53 Å². The van der Waals surface area contributed by atoms with E-state index < -0.39 is 12.5 Å². The standard InChI is InChI=1S/C24H24BrO2P/c1-24(2,3)27-23(26)21-16-10-11-17-22(21)28(18-25,19-12-6-4-7-13-19)20-14-8-5-9-15-20/h4-18H,1-3H3. The van der Waals surface area contributed by atoms with E-state index in [0.29, 0.717) is 5.56 Å². The number of hydrogen-bond acceptors (Lipinski definition) is 2. The van der Waals surface area contributed by atoms with E-state index in [2.05, 4.69) is 44.9 Å². The zero-order valence-electron chi connectivity index (χ0n) is 16.3. The van der Waals surface area contributed by atoms with E-state index in [1.54, 1.807) is 0 Å². The highest BCUT2D eigenvalue weighted by Crippen LogP contribution is 2.45. The number of rotatable bonds is 4. The topological polar surface area (TPSA) is 26.3 Å². The number of halogens is 1. The minimum atomic E-state index is -2.20. The average molecular weight is 455 g/mol. The number of esters is 1. The molecule has 0 atom stereocenters. The molecule has 0 aliphatic carbocycles. The second kappa shape index (κ2) is 8.51. The molecule has 3 rings (SSSR count). The highest BCUT2D eigenvalue weighted by atomic mass is 79.9. The van der Waals surface area contributed by atoms with Crippen LogP contribution < -0.4 is 15.9 Å². The van der Waals surface area contributed by atoms with Gasteiger partial charge in [0.25, 0.3) is 0 Å². The van der Waals surface area contributed by atoms with E-state index in [0.717, 1.165) is 5.30 Å². The van der Waals surface area contributed by atoms with E-state index in [-0.39, 0.29) is 5.97 Å². The number of benzene rings is 3. The summed E-state index contributed by atoms with van der Waals surface area (Å²) in [4.78, 5) is 13.1. The lowest BCUT2D eigenvalue weighted by Gasteiger charge is -2.30. The molecule has 0 amide bonds. The van der Waals surface area contributed by atoms with E-state index in [4.69, 9.17) is 4.74 Å². The van der Waals surface area contributed by atoms with Gasteiger partial charge in [-0.05, 0) is 54.3 Å². The fraction of sp³-hybridized carbons (Fsp3) is 0.167. The van der Waals surface area contributed by atoms with Crippen LogP contribution in [0.3, 0.4) is 0 Å². The average Bonchev–Trinajstić information content (AvgIpc) is 2.70. The Balaban J connectivity index is 2.32. The minimum Gasteiger partial charge on any atom is -0.456 e. The first kappa shape index (κ1) is 20.6. The predicted molar refractivity (Wildman–Crippen MR) is 125 cm³/mol. The molecule has 4 heteroatoms. The van der Waals surface area contributed by atoms with Crippen LogP contribution in [0.2, 0.25) is 0 Å². The molecule has 0 aliphatic rings. The van der Waals surface area contributed by atoms with Gasteiger partial charge in [-0.15, -0.1) is 0 Å². The Labute approximate surface area is 175 Å². The van der Waals surface area contributed by atoms with Gasteiger partial charge in [0.05, 0.1) is 5.56 Å². The summed E-state index contributed by atoms with van der Waals surface area (Å²) < 4.78 is 7.82. The van der Waals surface area contributed by atoms with Gasteiger partial charge in [0.15, 0.2) is 0 Å². The summed E-state index contributed by atoms with van der Waals surface area (Å²) in [5.41, 5.74) is 0.0530. The Morgan fingerprint density at radius 1 is 0.821 bits per heavy atom. The molecule has 0 N–H and O–H groups in total. The van der Waals surface area contributed by atoms with Gasteiger partial charge in [0.1, 0.15) is 5.60 Å². The van der Waals surface area contributed by atoms with E-state index in [1.165, 1.54) is 10.6 Å². The van der Waals surface area contributed by atoms with Crippen LogP contribution in [-0.4, -0.2) is 16.3 Å². The zero-order chi connectivity index (χ0) is 20.2. The van der Waals surface area contributed by atoms with Gasteiger partial charge in [-0.3, -0.25) is 0 Å². The van der Waals surface area contributed by atoms with Crippen molar-refractivity contribution >= 4 is 49.4 Å². The Bertz CT molecular complexity index is 962. The molecule has 3 aromatic rings. The minimum absolute atomic E-state index is 0.298. The summed E-state index contributed by atoms with van der Waals surface area (Å²) in [6.07, 6.45) is 0. The maximum absolute atomic E-state index is 13.1. The molecule has 0 saturated heterocycles. The molecular formula is C24H24BrO2P. The van der Waals surface area contributed by atoms with Crippen LogP contribution in [0.4, 0.5) is 0 Å². The van der Waals surface area contributed by atoms with Crippen molar-refractivity contribution in [1.29, 1.82) is 0 Å². The summed E-state index contributed by atoms with van der Waals surface area (Å²) >= 11 is 3.70. The fourth-order valence-corrected chi connectivity index (χ4v) is 8.62. The summed E-state index contributed by atoms with van der Waals surface area (Å²) in [6, 6.07) is 28.5. The molecule has 144 valence electrons. The number of carbonyl (C=O) groups excluding carboxylic acids is 1. The second-order valence-electron chi connectivity index (χ2n) is 7.51. The first-order valence-electron chi connectivity index (χ1n) is 9.16. The molecule has 0 bridgehead atoms. The van der Waals surface area contributed by atoms with Crippen LogP contribution in [0.1, 0.15) is 31.1 Å². The van der Waals surface area contributed by atoms with Crippen LogP contribution in [0.5, 0.6) is 0 Å². The van der Waals surface area contributed by atoms with Gasteiger partial charge in [0, 0.05) is 0 Å². The lowest BCUT2D eigenvalue weighted by molar-refractivity contribution is 0.00711. The van der Waals surface area contributed by atoms with E-state index in [9.17, 15) is 4.79 Å². The number of carbonyl (C=O) groups is 1. The van der Waals surface area contributed by atoms with Crippen molar-refractivity contribution in [3.63, 3.8) is 0 Å². The molecule has 0 radical (unpaired) electrons. The summed E-state index contributed by atoms with van der Waals surface area (Å²) in [6.45, 7) is 3.47. The molecule has 0 spiro atoms. The Hall–Kier alpha value is -2.09. The van der Waals surface area contributed by atoms with Gasteiger partial charge < -0.3 is 4.74 Å². The smallest absolute Gasteiger partial charge is 0.339 e. The van der Waals surface area contributed by atoms with Crippen LogP contribution in [0.15, 0.2) is 84.9 Å². The molecule has 0 unspecified atom stereocenters. The Morgan fingerprint density at radius 3 is 1.75 bits per heavy atom. The SMILES string of the molecule is CC(C)(C)OC(=O)c1ccccc1P(=CBr)(c1ccccc1)c1ccccc1. The molecule has 0 saturated carbocycles. The van der Waals surface area contributed by atoms with Crippen LogP contribution >= 0.6 is 22.8 Å². The van der Waals surface area contributed by atoms with E-state index in [1.807, 2.05) is 81.4 Å². The number of ether oxygens (including phenoxy) is 1. The molecule has 28 heavy (non-hydrogen) atoms. The van der Waals surface area contributed by atoms with Gasteiger partial charge in [-0.2, -0.15) is 0 Å². The molecule has 0 aliphatic heterocycles. The van der Waals surface area contributed by atoms with Crippen LogP contribution in [0.25, 0.3) is 0 Å². The Kier molecular flexibility index (Phi) is 6.27. The van der Waals surface area contributed by atoms with Crippen molar-refractivity contribution in [1.82, 2.24) is 0 Å². The molecule has 0 heterocycles. The van der Waals surface area contributed by atoms with Gasteiger partial charge in [-0.1, -0.05) is 94.8 Å². The summed E-state index contributed by atoms with van der Waals surface area (Å²) in [5.74, 6) is -0.298. The molecule has 2 nitrogen and oxygen atoms in total. The number of hydrogen-bond donors (Lipinski definition) is 0. The van der Waals surface area contributed by atoms with Gasteiger partial charge in [0.2, 0.25) is 0 Å². The Morgan fingerprint density at radius 2 is 1.29 bits per heavy atom. The van der Waals surface area contributed by atoms with Gasteiger partial charge in [-0.25, -0.2) is 4.79 Å². The largest absolute Gasteiger partial charge is 0.456 e. The van der Waals surface area contributed by atoms with Crippen molar-refractivity contribution in [2.45, 2.75) is 26.4 Å². The quantitative estimate of drug-likeness (QED) is 0.405. The maximum Gasteiger partial charge on any atom is 0.339 e. The summed E-state index contributed by atoms with van der Waals surface area (Å²) in [5, 5.41) is 3.33. The third kappa shape index (κ3) is 4.16. The summed E-state index contributed by atoms with van der Waals surface area (Å²) in [7, 11) is 0. The van der Waals surface area contributed by atoms with Crippen molar-refractivity contribution in [3.8, 4) is 0 Å². The lowest BCUT2D eigenvalue weighted by Crippen LogP contribution is -2.32. The highest BCUT2D eigenvalue weighted by Gasteiger charge is 2.30. The fourth-order valence-electron chi connectivity index (χ4n) is 3.21. The first-order chi connectivity index (χ1) is 13.4. The highest BCUT2D eigenvalue weighted by molar-refractivity contribution is 9.19. The maximum atomic E-state index is 13.1. The van der Waals surface area contributed by atoms with Gasteiger partial charge >= 0.3 is 5.97 Å². The monoisotopic (exact) mass is 454 g/mol. The van der Waals surface area contributed by atoms with Crippen LogP contribution in [-0.2, 0) is 4.74 Å². The lowest BCUT2D eigenvalue weighted by atomic mass is 10.1. The van der Waals surface area contributed by atoms with Crippen molar-refractivity contribution in [2.75, 3.05) is 0 Å². The van der Waals surface area contributed by atoms with Crippen LogP contribution in [0, 0.1) is 0 Å². The third-order valence-corrected chi connectivity index (χ3v) is 9.89. The predicted octanol–water partition coefficient (Wildman–Crippen LogP) is 5.09. The zero-order valence-corrected chi connectivity index (χ0v) is 18.8. The van der Waals surface area contributed by atoms with E-state index >= 15 is 0 Å². The molecule has 0 aromatic heterocycles. The molecule has 3 aromatic carbocycles. The normalized spacial score (nSPS) is 11.7. The first-order valence-corrected chi connectivity index (χ1v) is 11.9. The molecular weight excluding hydrogens is 431 g/mol. The molecule has 0 fully saturated rings. The van der Waals surface area contributed by atoms with Crippen molar-refractivity contribution in [3.05, 3.63) is 90.5 Å². The second-order valence-corrected chi connectivity index (χ2v) is 11.9. The van der Waals surface area contributed by atoms with Crippen molar-refractivity contribution in [2.24, 2.45) is 0 Å². The third-order valence-electron chi connectivity index (χ3n) is 4.38.